The predicted molar refractivity (Wildman–Crippen MR) is 160 cm³/mol. The fourth-order valence-electron chi connectivity index (χ4n) is 4.18. The average Bonchev–Trinajstić information content (AvgIpc) is 2.96. The van der Waals surface area contributed by atoms with Crippen LogP contribution in [-0.2, 0) is 9.47 Å². The molecule has 2 atom stereocenters. The molecule has 2 rings (SSSR count). The number of hydrogen-bond donors (Lipinski definition) is 0. The second kappa shape index (κ2) is 19.9. The Morgan fingerprint density at radius 2 is 0.850 bits per heavy atom. The standard InChI is InChI=1S/C34H50O6/c1-5-7-9-11-13-15-25-37-31-21-17-29(18-22-31)33(35)39-27(3)28(4)40-34(36)30-19-23-32(24-20-30)38-26-16-14-12-10-8-6-2/h17-24,27-28H,5-16,25-26H2,1-4H3. The molecule has 0 N–H and O–H groups in total. The van der Waals surface area contributed by atoms with Crippen molar-refractivity contribution in [1.82, 2.24) is 0 Å². The van der Waals surface area contributed by atoms with E-state index < -0.39 is 24.1 Å². The van der Waals surface area contributed by atoms with Gasteiger partial charge in [-0.1, -0.05) is 78.1 Å². The number of benzene rings is 2. The molecule has 222 valence electrons. The highest BCUT2D eigenvalue weighted by atomic mass is 16.6. The number of ether oxygens (including phenoxy) is 4. The number of carbonyl (C=O) groups is 2. The third-order valence-electron chi connectivity index (χ3n) is 6.96. The zero-order valence-corrected chi connectivity index (χ0v) is 25.1. The Labute approximate surface area is 241 Å². The van der Waals surface area contributed by atoms with E-state index in [1.807, 2.05) is 0 Å². The molecule has 40 heavy (non-hydrogen) atoms. The Balaban J connectivity index is 1.69. The summed E-state index contributed by atoms with van der Waals surface area (Å²) >= 11 is 0. The van der Waals surface area contributed by atoms with Gasteiger partial charge in [0.1, 0.15) is 23.7 Å². The van der Waals surface area contributed by atoms with Gasteiger partial charge in [0.15, 0.2) is 0 Å². The van der Waals surface area contributed by atoms with Gasteiger partial charge in [-0.3, -0.25) is 0 Å². The van der Waals surface area contributed by atoms with Crippen molar-refractivity contribution in [2.24, 2.45) is 0 Å². The minimum Gasteiger partial charge on any atom is -0.494 e. The van der Waals surface area contributed by atoms with Gasteiger partial charge in [-0.05, 0) is 75.2 Å². The first kappa shape index (κ1) is 33.2. The van der Waals surface area contributed by atoms with Crippen LogP contribution in [0.5, 0.6) is 11.5 Å². The molecule has 2 aromatic rings. The average molecular weight is 555 g/mol. The third kappa shape index (κ3) is 13.4. The maximum atomic E-state index is 12.6. The van der Waals surface area contributed by atoms with Gasteiger partial charge in [0.2, 0.25) is 0 Å². The largest absolute Gasteiger partial charge is 0.494 e. The van der Waals surface area contributed by atoms with Crippen molar-refractivity contribution in [2.75, 3.05) is 13.2 Å². The summed E-state index contributed by atoms with van der Waals surface area (Å²) in [7, 11) is 0. The number of unbranched alkanes of at least 4 members (excludes halogenated alkanes) is 10. The summed E-state index contributed by atoms with van der Waals surface area (Å²) in [6.45, 7) is 9.20. The summed E-state index contributed by atoms with van der Waals surface area (Å²) in [5.74, 6) is 0.535. The summed E-state index contributed by atoms with van der Waals surface area (Å²) in [5, 5.41) is 0. The van der Waals surface area contributed by atoms with Crippen LogP contribution in [0.3, 0.4) is 0 Å². The predicted octanol–water partition coefficient (Wildman–Crippen LogP) is 8.96. The first-order valence-corrected chi connectivity index (χ1v) is 15.3. The molecular weight excluding hydrogens is 504 g/mol. The Kier molecular flexibility index (Phi) is 16.5. The lowest BCUT2D eigenvalue weighted by Gasteiger charge is -2.21. The fraction of sp³-hybridized carbons (Fsp3) is 0.588. The zero-order chi connectivity index (χ0) is 29.0. The second-order valence-electron chi connectivity index (χ2n) is 10.5. The Morgan fingerprint density at radius 1 is 0.525 bits per heavy atom. The molecule has 0 bridgehead atoms. The van der Waals surface area contributed by atoms with E-state index in [-0.39, 0.29) is 0 Å². The van der Waals surface area contributed by atoms with Crippen LogP contribution < -0.4 is 9.47 Å². The van der Waals surface area contributed by atoms with E-state index in [0.717, 1.165) is 24.3 Å². The molecule has 0 heterocycles. The first-order chi connectivity index (χ1) is 19.4. The molecule has 0 fully saturated rings. The van der Waals surface area contributed by atoms with Crippen molar-refractivity contribution in [3.05, 3.63) is 59.7 Å². The molecule has 0 radical (unpaired) electrons. The Morgan fingerprint density at radius 3 is 1.20 bits per heavy atom. The zero-order valence-electron chi connectivity index (χ0n) is 25.1. The van der Waals surface area contributed by atoms with Gasteiger partial charge in [-0.25, -0.2) is 9.59 Å². The maximum absolute atomic E-state index is 12.6. The molecule has 0 aliphatic heterocycles. The van der Waals surface area contributed by atoms with Crippen molar-refractivity contribution >= 4 is 11.9 Å². The van der Waals surface area contributed by atoms with Gasteiger partial charge < -0.3 is 18.9 Å². The molecule has 2 unspecified atom stereocenters. The minimum absolute atomic E-state index is 0.425. The smallest absolute Gasteiger partial charge is 0.338 e. The van der Waals surface area contributed by atoms with Crippen molar-refractivity contribution in [2.45, 2.75) is 117 Å². The van der Waals surface area contributed by atoms with Crippen molar-refractivity contribution in [3.8, 4) is 11.5 Å². The van der Waals surface area contributed by atoms with E-state index in [4.69, 9.17) is 18.9 Å². The van der Waals surface area contributed by atoms with Crippen molar-refractivity contribution < 1.29 is 28.5 Å². The van der Waals surface area contributed by atoms with Gasteiger partial charge in [-0.15, -0.1) is 0 Å². The molecule has 2 aromatic carbocycles. The molecule has 0 saturated carbocycles. The molecular formula is C34H50O6. The van der Waals surface area contributed by atoms with E-state index in [9.17, 15) is 9.59 Å². The summed E-state index contributed by atoms with van der Waals surface area (Å²) in [5.41, 5.74) is 0.850. The normalized spacial score (nSPS) is 12.4. The van der Waals surface area contributed by atoms with Gasteiger partial charge >= 0.3 is 11.9 Å². The van der Waals surface area contributed by atoms with Crippen molar-refractivity contribution in [3.63, 3.8) is 0 Å². The third-order valence-corrected chi connectivity index (χ3v) is 6.96. The summed E-state index contributed by atoms with van der Waals surface area (Å²) < 4.78 is 22.7. The monoisotopic (exact) mass is 554 g/mol. The highest BCUT2D eigenvalue weighted by molar-refractivity contribution is 5.90. The quantitative estimate of drug-likeness (QED) is 0.113. The topological polar surface area (TPSA) is 71.1 Å². The van der Waals surface area contributed by atoms with Crippen LogP contribution in [0.1, 0.15) is 125 Å². The minimum atomic E-state index is -0.611. The van der Waals surface area contributed by atoms with Gasteiger partial charge in [-0.2, -0.15) is 0 Å². The van der Waals surface area contributed by atoms with E-state index in [1.54, 1.807) is 62.4 Å². The number of esters is 2. The van der Waals surface area contributed by atoms with Crippen molar-refractivity contribution in [1.29, 1.82) is 0 Å². The molecule has 0 saturated heterocycles. The molecule has 6 heteroatoms. The first-order valence-electron chi connectivity index (χ1n) is 15.3. The van der Waals surface area contributed by atoms with Crippen LogP contribution in [0, 0.1) is 0 Å². The molecule has 0 amide bonds. The lowest BCUT2D eigenvalue weighted by atomic mass is 10.1. The van der Waals surface area contributed by atoms with Gasteiger partial charge in [0.05, 0.1) is 24.3 Å². The molecule has 0 aliphatic rings. The van der Waals surface area contributed by atoms with Crippen LogP contribution in [0.4, 0.5) is 0 Å². The molecule has 0 spiro atoms. The van der Waals surface area contributed by atoms with E-state index in [1.165, 1.54) is 64.2 Å². The second-order valence-corrected chi connectivity index (χ2v) is 10.5. The van der Waals surface area contributed by atoms with Gasteiger partial charge in [0.25, 0.3) is 0 Å². The van der Waals surface area contributed by atoms with E-state index >= 15 is 0 Å². The van der Waals surface area contributed by atoms with E-state index in [0.29, 0.717) is 24.3 Å². The highest BCUT2D eigenvalue weighted by Gasteiger charge is 2.22. The maximum Gasteiger partial charge on any atom is 0.338 e. The van der Waals surface area contributed by atoms with Crippen LogP contribution in [0.2, 0.25) is 0 Å². The molecule has 6 nitrogen and oxygen atoms in total. The lowest BCUT2D eigenvalue weighted by Crippen LogP contribution is -2.30. The van der Waals surface area contributed by atoms with Crippen LogP contribution in [0.25, 0.3) is 0 Å². The summed E-state index contributed by atoms with van der Waals surface area (Å²) in [6.07, 6.45) is 13.3. The lowest BCUT2D eigenvalue weighted by molar-refractivity contribution is -0.0239. The van der Waals surface area contributed by atoms with Crippen LogP contribution >= 0.6 is 0 Å². The fourth-order valence-corrected chi connectivity index (χ4v) is 4.18. The number of rotatable bonds is 21. The molecule has 0 aliphatic carbocycles. The SMILES string of the molecule is CCCCCCCCOc1ccc(C(=O)OC(C)C(C)OC(=O)c2ccc(OCCCCCCCC)cc2)cc1. The number of hydrogen-bond acceptors (Lipinski definition) is 6. The van der Waals surface area contributed by atoms with E-state index in [2.05, 4.69) is 13.8 Å². The van der Waals surface area contributed by atoms with Crippen LogP contribution in [-0.4, -0.2) is 37.4 Å². The number of carbonyl (C=O) groups excluding carboxylic acids is 2. The van der Waals surface area contributed by atoms with Crippen LogP contribution in [0.15, 0.2) is 48.5 Å². The summed E-state index contributed by atoms with van der Waals surface area (Å²) in [4.78, 5) is 25.2. The highest BCUT2D eigenvalue weighted by Crippen LogP contribution is 2.18. The van der Waals surface area contributed by atoms with Gasteiger partial charge in [0, 0.05) is 0 Å². The Hall–Kier alpha value is -3.02. The molecule has 0 aromatic heterocycles. The summed E-state index contributed by atoms with van der Waals surface area (Å²) in [6, 6.07) is 13.9. The Bertz CT molecular complexity index is 874.